The molecule has 2 aromatic rings. The number of likely N-dealkylation sites (tertiary alicyclic amines) is 1. The minimum absolute atomic E-state index is 0.0581. The van der Waals surface area contributed by atoms with E-state index in [4.69, 9.17) is 16.3 Å². The highest BCUT2D eigenvalue weighted by molar-refractivity contribution is 6.31. The average Bonchev–Trinajstić information content (AvgIpc) is 3.05. The number of nitrogens with zero attached hydrogens (tertiary/aromatic N) is 1. The Hall–Kier alpha value is -2.74. The van der Waals surface area contributed by atoms with E-state index in [1.807, 2.05) is 0 Å². The van der Waals surface area contributed by atoms with Gasteiger partial charge in [-0.25, -0.2) is 4.79 Å². The van der Waals surface area contributed by atoms with Crippen LogP contribution in [0, 0.1) is 5.92 Å². The van der Waals surface area contributed by atoms with Crippen LogP contribution >= 0.6 is 11.6 Å². The number of hydrogen-bond donors (Lipinski definition) is 3. The van der Waals surface area contributed by atoms with Crippen molar-refractivity contribution in [3.63, 3.8) is 0 Å². The number of aromatic amines is 1. The SMILES string of the molecule is CN1CC(CNC(=O)OC(C)(C)C)[C@H](NC(=O)c2cc3cc(Cl)ccc3[nH]2)CC1=O. The van der Waals surface area contributed by atoms with E-state index in [1.165, 1.54) is 0 Å². The molecule has 1 saturated heterocycles. The first-order valence-electron chi connectivity index (χ1n) is 9.82. The quantitative estimate of drug-likeness (QED) is 0.688. The summed E-state index contributed by atoms with van der Waals surface area (Å²) in [6, 6.07) is 6.64. The van der Waals surface area contributed by atoms with Crippen molar-refractivity contribution < 1.29 is 19.1 Å². The number of amides is 3. The number of fused-ring (bicyclic) bond motifs is 1. The summed E-state index contributed by atoms with van der Waals surface area (Å²) in [5, 5.41) is 7.10. The maximum absolute atomic E-state index is 12.8. The fourth-order valence-electron chi connectivity index (χ4n) is 3.47. The summed E-state index contributed by atoms with van der Waals surface area (Å²) >= 11 is 6.01. The zero-order valence-electron chi connectivity index (χ0n) is 17.5. The van der Waals surface area contributed by atoms with E-state index in [1.54, 1.807) is 57.0 Å². The first kappa shape index (κ1) is 22.0. The van der Waals surface area contributed by atoms with Crippen LogP contribution in [0.25, 0.3) is 10.9 Å². The molecule has 0 saturated carbocycles. The van der Waals surface area contributed by atoms with Crippen molar-refractivity contribution in [3.05, 3.63) is 35.0 Å². The summed E-state index contributed by atoms with van der Waals surface area (Å²) in [4.78, 5) is 41.7. The van der Waals surface area contributed by atoms with Crippen LogP contribution in [0.5, 0.6) is 0 Å². The molecular formula is C21H27ClN4O4. The van der Waals surface area contributed by atoms with E-state index >= 15 is 0 Å². The molecule has 162 valence electrons. The van der Waals surface area contributed by atoms with E-state index in [9.17, 15) is 14.4 Å². The highest BCUT2D eigenvalue weighted by atomic mass is 35.5. The number of carbonyl (C=O) groups is 3. The topological polar surface area (TPSA) is 104 Å². The number of benzene rings is 1. The largest absolute Gasteiger partial charge is 0.444 e. The number of rotatable bonds is 4. The minimum atomic E-state index is -0.602. The van der Waals surface area contributed by atoms with Gasteiger partial charge in [0.15, 0.2) is 0 Å². The molecule has 9 heteroatoms. The van der Waals surface area contributed by atoms with Gasteiger partial charge in [-0.05, 0) is 45.0 Å². The maximum atomic E-state index is 12.8. The van der Waals surface area contributed by atoms with E-state index < -0.39 is 17.7 Å². The molecular weight excluding hydrogens is 408 g/mol. The number of piperidine rings is 1. The molecule has 0 radical (unpaired) electrons. The summed E-state index contributed by atoms with van der Waals surface area (Å²) in [7, 11) is 1.71. The van der Waals surface area contributed by atoms with Crippen molar-refractivity contribution >= 4 is 40.4 Å². The van der Waals surface area contributed by atoms with E-state index in [0.717, 1.165) is 10.9 Å². The van der Waals surface area contributed by atoms with Gasteiger partial charge in [0, 0.05) is 54.4 Å². The van der Waals surface area contributed by atoms with Gasteiger partial charge in [0.05, 0.1) is 0 Å². The molecule has 1 aromatic carbocycles. The number of aromatic nitrogens is 1. The molecule has 1 aliphatic heterocycles. The van der Waals surface area contributed by atoms with Crippen LogP contribution in [-0.4, -0.2) is 59.6 Å². The monoisotopic (exact) mass is 434 g/mol. The van der Waals surface area contributed by atoms with Gasteiger partial charge >= 0.3 is 6.09 Å². The van der Waals surface area contributed by atoms with E-state index in [-0.39, 0.29) is 30.7 Å². The van der Waals surface area contributed by atoms with Crippen LogP contribution in [0.15, 0.2) is 24.3 Å². The highest BCUT2D eigenvalue weighted by Crippen LogP contribution is 2.22. The molecule has 3 rings (SSSR count). The lowest BCUT2D eigenvalue weighted by Crippen LogP contribution is -2.55. The lowest BCUT2D eigenvalue weighted by molar-refractivity contribution is -0.134. The fourth-order valence-corrected chi connectivity index (χ4v) is 3.65. The molecule has 1 fully saturated rings. The van der Waals surface area contributed by atoms with Gasteiger partial charge < -0.3 is 25.3 Å². The standard InChI is InChI=1S/C21H27ClN4O4/c1-21(2,3)30-20(29)23-10-13-11-26(4)18(27)9-16(13)25-19(28)17-8-12-7-14(22)5-6-15(12)24-17/h5-8,13,16,24H,9-11H2,1-4H3,(H,23,29)(H,25,28)/t13?,16-/m1/s1. The van der Waals surface area contributed by atoms with Crippen molar-refractivity contribution in [2.75, 3.05) is 20.1 Å². The first-order valence-corrected chi connectivity index (χ1v) is 10.2. The van der Waals surface area contributed by atoms with Gasteiger partial charge in [-0.3, -0.25) is 9.59 Å². The Kier molecular flexibility index (Phi) is 6.26. The van der Waals surface area contributed by atoms with Gasteiger partial charge in [-0.15, -0.1) is 0 Å². The molecule has 0 aliphatic carbocycles. The maximum Gasteiger partial charge on any atom is 0.407 e. The van der Waals surface area contributed by atoms with E-state index in [0.29, 0.717) is 17.3 Å². The number of ether oxygens (including phenoxy) is 1. The van der Waals surface area contributed by atoms with Gasteiger partial charge in [-0.1, -0.05) is 11.6 Å². The van der Waals surface area contributed by atoms with Crippen LogP contribution in [0.1, 0.15) is 37.7 Å². The number of H-pyrrole nitrogens is 1. The summed E-state index contributed by atoms with van der Waals surface area (Å²) in [5.41, 5.74) is 0.583. The third kappa shape index (κ3) is 5.44. The lowest BCUT2D eigenvalue weighted by atomic mass is 9.91. The first-order chi connectivity index (χ1) is 14.0. The Morgan fingerprint density at radius 2 is 2.03 bits per heavy atom. The number of halogens is 1. The zero-order chi connectivity index (χ0) is 22.1. The number of alkyl carbamates (subject to hydrolysis) is 1. The smallest absolute Gasteiger partial charge is 0.407 e. The molecule has 8 nitrogen and oxygen atoms in total. The summed E-state index contributed by atoms with van der Waals surface area (Å²) < 4.78 is 5.27. The Labute approximate surface area is 180 Å². The van der Waals surface area contributed by atoms with Crippen LogP contribution in [0.3, 0.4) is 0 Å². The molecule has 0 spiro atoms. The van der Waals surface area contributed by atoms with Crippen molar-refractivity contribution in [2.45, 2.75) is 38.8 Å². The summed E-state index contributed by atoms with van der Waals surface area (Å²) in [6.07, 6.45) is -0.366. The van der Waals surface area contributed by atoms with Crippen molar-refractivity contribution in [1.29, 1.82) is 0 Å². The average molecular weight is 435 g/mol. The van der Waals surface area contributed by atoms with Crippen LogP contribution in [-0.2, 0) is 9.53 Å². The second-order valence-electron chi connectivity index (χ2n) is 8.62. The zero-order valence-corrected chi connectivity index (χ0v) is 18.3. The summed E-state index contributed by atoms with van der Waals surface area (Å²) in [5.74, 6) is -0.521. The van der Waals surface area contributed by atoms with E-state index in [2.05, 4.69) is 15.6 Å². The summed E-state index contributed by atoms with van der Waals surface area (Å²) in [6.45, 7) is 6.06. The highest BCUT2D eigenvalue weighted by Gasteiger charge is 2.34. The number of carbonyl (C=O) groups excluding carboxylic acids is 3. The minimum Gasteiger partial charge on any atom is -0.444 e. The Bertz CT molecular complexity index is 966. The van der Waals surface area contributed by atoms with Crippen molar-refractivity contribution in [2.24, 2.45) is 5.92 Å². The van der Waals surface area contributed by atoms with Crippen molar-refractivity contribution in [3.8, 4) is 0 Å². The molecule has 1 aromatic heterocycles. The fraction of sp³-hybridized carbons (Fsp3) is 0.476. The number of hydrogen-bond acceptors (Lipinski definition) is 4. The van der Waals surface area contributed by atoms with Crippen LogP contribution in [0.4, 0.5) is 4.79 Å². The molecule has 3 amide bonds. The predicted molar refractivity (Wildman–Crippen MR) is 115 cm³/mol. The van der Waals surface area contributed by atoms with Crippen LogP contribution in [0.2, 0.25) is 5.02 Å². The normalized spacial score (nSPS) is 19.6. The molecule has 2 atom stereocenters. The Morgan fingerprint density at radius 3 is 2.73 bits per heavy atom. The Morgan fingerprint density at radius 1 is 1.30 bits per heavy atom. The molecule has 30 heavy (non-hydrogen) atoms. The second-order valence-corrected chi connectivity index (χ2v) is 9.05. The molecule has 0 bridgehead atoms. The third-order valence-corrected chi connectivity index (χ3v) is 5.18. The Balaban J connectivity index is 1.69. The van der Waals surface area contributed by atoms with Gasteiger partial charge in [0.25, 0.3) is 5.91 Å². The number of nitrogens with one attached hydrogen (secondary N) is 3. The van der Waals surface area contributed by atoms with Gasteiger partial charge in [0.2, 0.25) is 5.91 Å². The molecule has 2 heterocycles. The third-order valence-electron chi connectivity index (χ3n) is 4.95. The van der Waals surface area contributed by atoms with Gasteiger partial charge in [-0.2, -0.15) is 0 Å². The van der Waals surface area contributed by atoms with Crippen molar-refractivity contribution in [1.82, 2.24) is 20.5 Å². The predicted octanol–water partition coefficient (Wildman–Crippen LogP) is 2.92. The molecule has 1 unspecified atom stereocenters. The second kappa shape index (κ2) is 8.55. The molecule has 3 N–H and O–H groups in total. The lowest BCUT2D eigenvalue weighted by Gasteiger charge is -2.36. The molecule has 1 aliphatic rings. The van der Waals surface area contributed by atoms with Gasteiger partial charge in [0.1, 0.15) is 11.3 Å². The van der Waals surface area contributed by atoms with Crippen LogP contribution < -0.4 is 10.6 Å².